The van der Waals surface area contributed by atoms with Gasteiger partial charge in [0.2, 0.25) is 11.8 Å². The number of nitrogens with zero attached hydrogens (tertiary/aromatic N) is 2. The Labute approximate surface area is 179 Å². The van der Waals surface area contributed by atoms with E-state index in [0.29, 0.717) is 23.6 Å². The average molecular weight is 419 g/mol. The van der Waals surface area contributed by atoms with E-state index in [1.807, 2.05) is 4.90 Å². The number of nitrogens with two attached hydrogens (primary N) is 1. The van der Waals surface area contributed by atoms with Gasteiger partial charge in [-0.1, -0.05) is 13.8 Å². The average Bonchev–Trinajstić information content (AvgIpc) is 3.10. The maximum absolute atomic E-state index is 13.1. The number of likely N-dealkylation sites (tertiary alicyclic amines) is 2. The Balaban J connectivity index is 1.50. The molecule has 30 heavy (non-hydrogen) atoms. The summed E-state index contributed by atoms with van der Waals surface area (Å²) in [7, 11) is 2.08. The first-order chi connectivity index (χ1) is 14.2. The molecule has 1 aromatic rings. The Kier molecular flexibility index (Phi) is 7.47. The van der Waals surface area contributed by atoms with E-state index >= 15 is 0 Å². The van der Waals surface area contributed by atoms with Crippen molar-refractivity contribution in [3.05, 3.63) is 30.1 Å². The summed E-state index contributed by atoms with van der Waals surface area (Å²) in [6.07, 6.45) is 3.42. The van der Waals surface area contributed by atoms with Crippen molar-refractivity contribution in [1.82, 2.24) is 9.80 Å². The highest BCUT2D eigenvalue weighted by molar-refractivity contribution is 5.92. The Morgan fingerprint density at radius 1 is 1.20 bits per heavy atom. The zero-order valence-electron chi connectivity index (χ0n) is 18.3. The van der Waals surface area contributed by atoms with E-state index in [9.17, 15) is 14.0 Å². The van der Waals surface area contributed by atoms with Gasteiger partial charge < -0.3 is 20.9 Å². The number of nitrogens with one attached hydrogen (secondary N) is 1. The van der Waals surface area contributed by atoms with Crippen molar-refractivity contribution in [2.24, 2.45) is 23.5 Å². The fraction of sp³-hybridized carbons (Fsp3) is 0.652. The molecule has 2 saturated heterocycles. The summed E-state index contributed by atoms with van der Waals surface area (Å²) in [6, 6.07) is 5.80. The molecule has 6 nitrogen and oxygen atoms in total. The lowest BCUT2D eigenvalue weighted by atomic mass is 9.86. The van der Waals surface area contributed by atoms with Crippen molar-refractivity contribution in [3.8, 4) is 0 Å². The second kappa shape index (κ2) is 9.88. The second-order valence-electron chi connectivity index (χ2n) is 9.33. The molecule has 0 spiro atoms. The van der Waals surface area contributed by atoms with Gasteiger partial charge in [0, 0.05) is 31.4 Å². The molecule has 1 aromatic carbocycles. The summed E-state index contributed by atoms with van der Waals surface area (Å²) >= 11 is 0. The molecule has 3 N–H and O–H groups in total. The maximum atomic E-state index is 13.1. The van der Waals surface area contributed by atoms with Crippen LogP contribution in [0.2, 0.25) is 0 Å². The van der Waals surface area contributed by atoms with E-state index in [1.165, 1.54) is 12.1 Å². The van der Waals surface area contributed by atoms with Crippen LogP contribution in [0.1, 0.15) is 39.5 Å². The number of amides is 2. The molecular weight excluding hydrogens is 383 g/mol. The molecule has 2 aliphatic heterocycles. The van der Waals surface area contributed by atoms with Gasteiger partial charge >= 0.3 is 0 Å². The van der Waals surface area contributed by atoms with Gasteiger partial charge in [0.25, 0.3) is 0 Å². The van der Waals surface area contributed by atoms with E-state index in [0.717, 1.165) is 45.3 Å². The number of hydrogen-bond donors (Lipinski definition) is 2. The molecule has 2 heterocycles. The first-order valence-electron chi connectivity index (χ1n) is 11.1. The molecule has 0 bridgehead atoms. The van der Waals surface area contributed by atoms with Crippen molar-refractivity contribution in [2.45, 2.75) is 51.6 Å². The molecular formula is C23H35FN4O2. The number of benzene rings is 1. The Bertz CT molecular complexity index is 731. The van der Waals surface area contributed by atoms with E-state index < -0.39 is 6.04 Å². The summed E-state index contributed by atoms with van der Waals surface area (Å²) in [5.41, 5.74) is 6.71. The molecule has 0 unspecified atom stereocenters. The summed E-state index contributed by atoms with van der Waals surface area (Å²) in [4.78, 5) is 29.4. The van der Waals surface area contributed by atoms with Crippen molar-refractivity contribution in [2.75, 3.05) is 32.0 Å². The Morgan fingerprint density at radius 2 is 1.83 bits per heavy atom. The van der Waals surface area contributed by atoms with Crippen molar-refractivity contribution in [1.29, 1.82) is 0 Å². The molecule has 7 heteroatoms. The van der Waals surface area contributed by atoms with Crippen LogP contribution in [0.15, 0.2) is 24.3 Å². The third kappa shape index (κ3) is 5.58. The maximum Gasteiger partial charge on any atom is 0.239 e. The SMILES string of the molecule is CC(C)C[C@H](N)C(=O)N1CCC([C@@H]2C[C@H](C(=O)Nc3ccc(F)cc3)CN2C)CC1. The van der Waals surface area contributed by atoms with Crippen LogP contribution in [0.25, 0.3) is 0 Å². The minimum absolute atomic E-state index is 0.0109. The number of rotatable bonds is 6. The quantitative estimate of drug-likeness (QED) is 0.745. The second-order valence-corrected chi connectivity index (χ2v) is 9.33. The molecule has 166 valence electrons. The zero-order valence-corrected chi connectivity index (χ0v) is 18.3. The minimum atomic E-state index is -0.407. The normalized spacial score (nSPS) is 24.3. The molecule has 0 radical (unpaired) electrons. The summed E-state index contributed by atoms with van der Waals surface area (Å²) in [5, 5.41) is 2.91. The molecule has 2 aliphatic rings. The summed E-state index contributed by atoms with van der Waals surface area (Å²) < 4.78 is 13.1. The number of hydrogen-bond acceptors (Lipinski definition) is 4. The van der Waals surface area contributed by atoms with Gasteiger partial charge in [0.15, 0.2) is 0 Å². The lowest BCUT2D eigenvalue weighted by molar-refractivity contribution is -0.134. The molecule has 3 rings (SSSR count). The van der Waals surface area contributed by atoms with Crippen LogP contribution in [0, 0.1) is 23.6 Å². The number of piperidine rings is 1. The number of halogens is 1. The van der Waals surface area contributed by atoms with E-state index in [2.05, 4.69) is 31.1 Å². The molecule has 0 saturated carbocycles. The van der Waals surface area contributed by atoms with Crippen LogP contribution in [-0.2, 0) is 9.59 Å². The molecule has 0 aliphatic carbocycles. The van der Waals surface area contributed by atoms with Gasteiger partial charge in [0.05, 0.1) is 12.0 Å². The largest absolute Gasteiger partial charge is 0.341 e. The Morgan fingerprint density at radius 3 is 2.43 bits per heavy atom. The highest BCUT2D eigenvalue weighted by Crippen LogP contribution is 2.33. The zero-order chi connectivity index (χ0) is 21.8. The fourth-order valence-electron chi connectivity index (χ4n) is 4.90. The monoisotopic (exact) mass is 418 g/mol. The first kappa shape index (κ1) is 22.7. The van der Waals surface area contributed by atoms with Crippen LogP contribution >= 0.6 is 0 Å². The highest BCUT2D eigenvalue weighted by atomic mass is 19.1. The third-order valence-electron chi connectivity index (χ3n) is 6.52. The minimum Gasteiger partial charge on any atom is -0.341 e. The Hall–Kier alpha value is -1.99. The van der Waals surface area contributed by atoms with Crippen LogP contribution < -0.4 is 11.1 Å². The topological polar surface area (TPSA) is 78.7 Å². The van der Waals surface area contributed by atoms with Gasteiger partial charge in [0.1, 0.15) is 5.82 Å². The first-order valence-corrected chi connectivity index (χ1v) is 11.1. The van der Waals surface area contributed by atoms with Crippen LogP contribution in [0.3, 0.4) is 0 Å². The predicted octanol–water partition coefficient (Wildman–Crippen LogP) is 2.70. The number of anilines is 1. The number of carbonyl (C=O) groups is 2. The number of carbonyl (C=O) groups excluding carboxylic acids is 2. The third-order valence-corrected chi connectivity index (χ3v) is 6.52. The van der Waals surface area contributed by atoms with Crippen LogP contribution in [-0.4, -0.2) is 60.4 Å². The van der Waals surface area contributed by atoms with Crippen LogP contribution in [0.4, 0.5) is 10.1 Å². The summed E-state index contributed by atoms with van der Waals surface area (Å²) in [5.74, 6) is 0.546. The van der Waals surface area contributed by atoms with E-state index in [1.54, 1.807) is 12.1 Å². The van der Waals surface area contributed by atoms with Crippen molar-refractivity contribution < 1.29 is 14.0 Å². The molecule has 2 fully saturated rings. The fourth-order valence-corrected chi connectivity index (χ4v) is 4.90. The molecule has 0 aromatic heterocycles. The van der Waals surface area contributed by atoms with Gasteiger partial charge in [-0.3, -0.25) is 9.59 Å². The van der Waals surface area contributed by atoms with Gasteiger partial charge in [-0.25, -0.2) is 4.39 Å². The van der Waals surface area contributed by atoms with Crippen molar-refractivity contribution in [3.63, 3.8) is 0 Å². The smallest absolute Gasteiger partial charge is 0.239 e. The summed E-state index contributed by atoms with van der Waals surface area (Å²) in [6.45, 7) is 6.37. The van der Waals surface area contributed by atoms with Gasteiger partial charge in [-0.15, -0.1) is 0 Å². The van der Waals surface area contributed by atoms with E-state index in [-0.39, 0.29) is 23.5 Å². The lowest BCUT2D eigenvalue weighted by Gasteiger charge is -2.38. The standard InChI is InChI=1S/C23H35FN4O2/c1-15(2)12-20(25)23(30)28-10-8-16(9-11-28)21-13-17(14-27(21)3)22(29)26-19-6-4-18(24)5-7-19/h4-7,15-17,20-21H,8-14,25H2,1-3H3,(H,26,29)/t17-,20-,21-/m0/s1. The van der Waals surface area contributed by atoms with Crippen molar-refractivity contribution >= 4 is 17.5 Å². The molecule has 3 atom stereocenters. The van der Waals surface area contributed by atoms with E-state index in [4.69, 9.17) is 5.73 Å². The molecule has 2 amide bonds. The highest BCUT2D eigenvalue weighted by Gasteiger charge is 2.40. The van der Waals surface area contributed by atoms with Gasteiger partial charge in [-0.05, 0) is 68.8 Å². The lowest BCUT2D eigenvalue weighted by Crippen LogP contribution is -2.49. The predicted molar refractivity (Wildman–Crippen MR) is 116 cm³/mol. The van der Waals surface area contributed by atoms with Crippen LogP contribution in [0.5, 0.6) is 0 Å². The van der Waals surface area contributed by atoms with Gasteiger partial charge in [-0.2, -0.15) is 0 Å².